The molecule has 1 aliphatic heterocycles. The van der Waals surface area contributed by atoms with Crippen LogP contribution < -0.4 is 10.6 Å². The molecule has 0 radical (unpaired) electrons. The Morgan fingerprint density at radius 1 is 1.44 bits per heavy atom. The highest BCUT2D eigenvalue weighted by Crippen LogP contribution is 2.18. The van der Waals surface area contributed by atoms with Gasteiger partial charge in [-0.25, -0.2) is 4.98 Å². The molecule has 0 bridgehead atoms. The molecule has 18 heavy (non-hydrogen) atoms. The molecular formula is C13H19N5. The fraction of sp³-hybridized carbons (Fsp3) is 0.538. The van der Waals surface area contributed by atoms with Crippen molar-refractivity contribution in [3.8, 4) is 0 Å². The number of hydrogen-bond acceptors (Lipinski definition) is 4. The van der Waals surface area contributed by atoms with E-state index >= 15 is 0 Å². The molecule has 5 nitrogen and oxygen atoms in total. The van der Waals surface area contributed by atoms with Crippen molar-refractivity contribution in [2.24, 2.45) is 0 Å². The molecule has 3 heterocycles. The van der Waals surface area contributed by atoms with Gasteiger partial charge in [0, 0.05) is 12.1 Å². The number of aryl methyl sites for hydroxylation is 1. The lowest BCUT2D eigenvalue weighted by Crippen LogP contribution is -2.41. The van der Waals surface area contributed by atoms with Gasteiger partial charge in [0.05, 0.1) is 0 Å². The van der Waals surface area contributed by atoms with E-state index in [1.807, 2.05) is 10.6 Å². The maximum Gasteiger partial charge on any atom is 0.157 e. The summed E-state index contributed by atoms with van der Waals surface area (Å²) in [5, 5.41) is 11.3. The van der Waals surface area contributed by atoms with Crippen LogP contribution in [0.3, 0.4) is 0 Å². The fourth-order valence-electron chi connectivity index (χ4n) is 2.63. The lowest BCUT2D eigenvalue weighted by atomic mass is 10.0. The predicted molar refractivity (Wildman–Crippen MR) is 71.8 cm³/mol. The molecule has 1 aliphatic rings. The number of rotatable bonds is 2. The van der Waals surface area contributed by atoms with Crippen LogP contribution in [-0.4, -0.2) is 33.2 Å². The first-order valence-electron chi connectivity index (χ1n) is 6.52. The van der Waals surface area contributed by atoms with Crippen LogP contribution in [0.4, 0.5) is 5.82 Å². The molecule has 5 heteroatoms. The Kier molecular flexibility index (Phi) is 2.91. The van der Waals surface area contributed by atoms with E-state index in [1.54, 1.807) is 6.33 Å². The Labute approximate surface area is 107 Å². The van der Waals surface area contributed by atoms with Gasteiger partial charge in [0.2, 0.25) is 0 Å². The van der Waals surface area contributed by atoms with Crippen LogP contribution in [0.5, 0.6) is 0 Å². The topological polar surface area (TPSA) is 54.2 Å². The van der Waals surface area contributed by atoms with Crippen molar-refractivity contribution in [2.75, 3.05) is 11.9 Å². The van der Waals surface area contributed by atoms with Gasteiger partial charge in [-0.2, -0.15) is 9.61 Å². The number of pyridine rings is 1. The number of piperidine rings is 1. The first-order valence-corrected chi connectivity index (χ1v) is 6.52. The van der Waals surface area contributed by atoms with E-state index in [4.69, 9.17) is 0 Å². The summed E-state index contributed by atoms with van der Waals surface area (Å²) in [6.07, 6.45) is 3.89. The van der Waals surface area contributed by atoms with E-state index in [-0.39, 0.29) is 0 Å². The van der Waals surface area contributed by atoms with Crippen LogP contribution in [0.15, 0.2) is 18.5 Å². The standard InChI is InChI=1S/C13H19N5/c1-9-5-12-15-8-16-18(12)13(6-9)17-11-3-4-14-10(2)7-11/h5-6,8,10-11,14,17H,3-4,7H2,1-2H3. The SMILES string of the molecule is Cc1cc(NC2CCNC(C)C2)n2ncnc2c1. The molecule has 2 atom stereocenters. The van der Waals surface area contributed by atoms with E-state index in [0.717, 1.165) is 30.9 Å². The lowest BCUT2D eigenvalue weighted by molar-refractivity contribution is 0.395. The highest BCUT2D eigenvalue weighted by Gasteiger charge is 2.19. The largest absolute Gasteiger partial charge is 0.367 e. The number of nitrogens with zero attached hydrogens (tertiary/aromatic N) is 3. The Balaban J connectivity index is 1.87. The van der Waals surface area contributed by atoms with Gasteiger partial charge in [-0.05, 0) is 50.9 Å². The molecule has 2 N–H and O–H groups in total. The third kappa shape index (κ3) is 2.18. The van der Waals surface area contributed by atoms with Gasteiger partial charge < -0.3 is 10.6 Å². The van der Waals surface area contributed by atoms with E-state index in [9.17, 15) is 0 Å². The van der Waals surface area contributed by atoms with Crippen molar-refractivity contribution in [3.05, 3.63) is 24.0 Å². The molecule has 2 aromatic heterocycles. The summed E-state index contributed by atoms with van der Waals surface area (Å²) in [6.45, 7) is 5.39. The maximum atomic E-state index is 4.27. The van der Waals surface area contributed by atoms with Crippen LogP contribution in [0.25, 0.3) is 5.65 Å². The zero-order valence-electron chi connectivity index (χ0n) is 10.8. The molecule has 0 spiro atoms. The van der Waals surface area contributed by atoms with Crippen molar-refractivity contribution < 1.29 is 0 Å². The summed E-state index contributed by atoms with van der Waals surface area (Å²) in [5.41, 5.74) is 2.11. The van der Waals surface area contributed by atoms with Crippen molar-refractivity contribution in [2.45, 2.75) is 38.8 Å². The second kappa shape index (κ2) is 4.57. The highest BCUT2D eigenvalue weighted by molar-refractivity contribution is 5.51. The van der Waals surface area contributed by atoms with Crippen LogP contribution >= 0.6 is 0 Å². The van der Waals surface area contributed by atoms with Gasteiger partial charge in [-0.15, -0.1) is 0 Å². The number of nitrogens with one attached hydrogen (secondary N) is 2. The minimum Gasteiger partial charge on any atom is -0.367 e. The molecule has 0 saturated carbocycles. The highest BCUT2D eigenvalue weighted by atomic mass is 15.3. The Morgan fingerprint density at radius 2 is 2.33 bits per heavy atom. The van der Waals surface area contributed by atoms with Crippen molar-refractivity contribution in [1.82, 2.24) is 19.9 Å². The summed E-state index contributed by atoms with van der Waals surface area (Å²) in [5.74, 6) is 1.04. The molecule has 0 aliphatic carbocycles. The van der Waals surface area contributed by atoms with Crippen molar-refractivity contribution in [3.63, 3.8) is 0 Å². The van der Waals surface area contributed by atoms with E-state index in [2.05, 4.69) is 40.6 Å². The average molecular weight is 245 g/mol. The Hall–Kier alpha value is -1.62. The first-order chi connectivity index (χ1) is 8.72. The van der Waals surface area contributed by atoms with Crippen molar-refractivity contribution in [1.29, 1.82) is 0 Å². The summed E-state index contributed by atoms with van der Waals surface area (Å²) in [7, 11) is 0. The summed E-state index contributed by atoms with van der Waals surface area (Å²) in [4.78, 5) is 4.25. The van der Waals surface area contributed by atoms with Crippen LogP contribution in [0.2, 0.25) is 0 Å². The molecule has 3 rings (SSSR count). The Bertz CT molecular complexity index is 547. The number of aromatic nitrogens is 3. The van der Waals surface area contributed by atoms with E-state index in [1.165, 1.54) is 5.56 Å². The smallest absolute Gasteiger partial charge is 0.157 e. The monoisotopic (exact) mass is 245 g/mol. The molecule has 0 amide bonds. The third-order valence-electron chi connectivity index (χ3n) is 3.50. The van der Waals surface area contributed by atoms with Gasteiger partial charge in [0.15, 0.2) is 5.65 Å². The molecule has 0 aromatic carbocycles. The summed E-state index contributed by atoms with van der Waals surface area (Å²) >= 11 is 0. The number of fused-ring (bicyclic) bond motifs is 1. The zero-order chi connectivity index (χ0) is 12.5. The minimum atomic E-state index is 0.510. The normalized spacial score (nSPS) is 24.3. The summed E-state index contributed by atoms with van der Waals surface area (Å²) < 4.78 is 1.87. The summed E-state index contributed by atoms with van der Waals surface area (Å²) in [6, 6.07) is 5.26. The molecular weight excluding hydrogens is 226 g/mol. The predicted octanol–water partition coefficient (Wildman–Crippen LogP) is 1.59. The van der Waals surface area contributed by atoms with E-state index < -0.39 is 0 Å². The second-order valence-electron chi connectivity index (χ2n) is 5.17. The number of hydrogen-bond donors (Lipinski definition) is 2. The average Bonchev–Trinajstić information content (AvgIpc) is 2.77. The molecule has 2 aromatic rings. The number of anilines is 1. The van der Waals surface area contributed by atoms with Crippen LogP contribution in [0, 0.1) is 6.92 Å². The molecule has 1 fully saturated rings. The Morgan fingerprint density at radius 3 is 3.17 bits per heavy atom. The fourth-order valence-corrected chi connectivity index (χ4v) is 2.63. The van der Waals surface area contributed by atoms with Gasteiger partial charge in [0.25, 0.3) is 0 Å². The molecule has 1 saturated heterocycles. The lowest BCUT2D eigenvalue weighted by Gasteiger charge is -2.29. The maximum absolute atomic E-state index is 4.27. The van der Waals surface area contributed by atoms with Crippen LogP contribution in [0.1, 0.15) is 25.3 Å². The second-order valence-corrected chi connectivity index (χ2v) is 5.17. The van der Waals surface area contributed by atoms with Gasteiger partial charge in [-0.1, -0.05) is 0 Å². The third-order valence-corrected chi connectivity index (χ3v) is 3.50. The first kappa shape index (κ1) is 11.5. The van der Waals surface area contributed by atoms with E-state index in [0.29, 0.717) is 12.1 Å². The van der Waals surface area contributed by atoms with Gasteiger partial charge in [-0.3, -0.25) is 0 Å². The van der Waals surface area contributed by atoms with Gasteiger partial charge in [0.1, 0.15) is 12.1 Å². The minimum absolute atomic E-state index is 0.510. The van der Waals surface area contributed by atoms with Crippen LogP contribution in [-0.2, 0) is 0 Å². The molecule has 96 valence electrons. The zero-order valence-corrected chi connectivity index (χ0v) is 10.8. The molecule has 2 unspecified atom stereocenters. The quantitative estimate of drug-likeness (QED) is 0.843. The van der Waals surface area contributed by atoms with Gasteiger partial charge >= 0.3 is 0 Å². The van der Waals surface area contributed by atoms with Crippen molar-refractivity contribution >= 4 is 11.5 Å².